The van der Waals surface area contributed by atoms with E-state index in [0.717, 1.165) is 18.5 Å². The molecule has 3 N–H and O–H groups in total. The van der Waals surface area contributed by atoms with E-state index in [1.54, 1.807) is 0 Å². The topological polar surface area (TPSA) is 58.1 Å². The van der Waals surface area contributed by atoms with Crippen LogP contribution in [0.1, 0.15) is 37.8 Å². The molecule has 1 heterocycles. The van der Waals surface area contributed by atoms with Crippen LogP contribution in [-0.2, 0) is 18.3 Å². The van der Waals surface area contributed by atoms with E-state index in [2.05, 4.69) is 16.2 Å². The number of aromatic nitrogens is 1. The zero-order valence-electron chi connectivity index (χ0n) is 11.8. The lowest BCUT2D eigenvalue weighted by Crippen LogP contribution is -2.50. The van der Waals surface area contributed by atoms with E-state index in [9.17, 15) is 4.79 Å². The summed E-state index contributed by atoms with van der Waals surface area (Å²) in [6, 6.07) is 4.29. The second kappa shape index (κ2) is 7.28. The van der Waals surface area contributed by atoms with Crippen LogP contribution in [0.15, 0.2) is 18.3 Å². The predicted molar refractivity (Wildman–Crippen MR) is 83.0 cm³/mol. The van der Waals surface area contributed by atoms with Crippen molar-refractivity contribution in [3.05, 3.63) is 24.0 Å². The summed E-state index contributed by atoms with van der Waals surface area (Å²) in [5.74, 6) is -0.0976. The highest BCUT2D eigenvalue weighted by Gasteiger charge is 2.14. The van der Waals surface area contributed by atoms with Crippen LogP contribution in [-0.4, -0.2) is 21.6 Å². The summed E-state index contributed by atoms with van der Waals surface area (Å²) in [7, 11) is 1.92. The molecule has 0 radical (unpaired) electrons. The van der Waals surface area contributed by atoms with E-state index < -0.39 is 0 Å². The molecule has 1 aromatic heterocycles. The Morgan fingerprint density at radius 2 is 2.10 bits per heavy atom. The summed E-state index contributed by atoms with van der Waals surface area (Å²) in [6.45, 7) is 0. The maximum atomic E-state index is 11.8. The number of nitrogens with one attached hydrogen (secondary N) is 3. The van der Waals surface area contributed by atoms with E-state index in [1.165, 1.54) is 19.3 Å². The molecule has 1 aromatic rings. The Balaban J connectivity index is 1.67. The second-order valence-corrected chi connectivity index (χ2v) is 5.68. The Kier molecular flexibility index (Phi) is 5.40. The van der Waals surface area contributed by atoms with Crippen molar-refractivity contribution in [3.63, 3.8) is 0 Å². The van der Waals surface area contributed by atoms with E-state index >= 15 is 0 Å². The average molecular weight is 294 g/mol. The van der Waals surface area contributed by atoms with Gasteiger partial charge in [0.2, 0.25) is 5.91 Å². The average Bonchev–Trinajstić information content (AvgIpc) is 2.83. The predicted octanol–water partition coefficient (Wildman–Crippen LogP) is 1.40. The first-order valence-electron chi connectivity index (χ1n) is 7.10. The molecule has 0 unspecified atom stereocenters. The number of thiocarbonyl (C=S) groups is 1. The minimum atomic E-state index is -0.0976. The molecular formula is C14H22N4OS. The summed E-state index contributed by atoms with van der Waals surface area (Å²) < 4.78 is 1.93. The molecule has 0 saturated heterocycles. The largest absolute Gasteiger partial charge is 0.359 e. The van der Waals surface area contributed by atoms with Gasteiger partial charge in [-0.05, 0) is 37.2 Å². The van der Waals surface area contributed by atoms with Crippen molar-refractivity contribution in [3.8, 4) is 0 Å². The molecule has 1 amide bonds. The third-order valence-corrected chi connectivity index (χ3v) is 3.87. The van der Waals surface area contributed by atoms with Gasteiger partial charge in [0.15, 0.2) is 5.11 Å². The summed E-state index contributed by atoms with van der Waals surface area (Å²) in [6.07, 6.45) is 8.37. The van der Waals surface area contributed by atoms with Crippen molar-refractivity contribution in [2.24, 2.45) is 7.05 Å². The molecule has 20 heavy (non-hydrogen) atoms. The summed E-state index contributed by atoms with van der Waals surface area (Å²) in [5, 5.41) is 3.74. The highest BCUT2D eigenvalue weighted by molar-refractivity contribution is 7.80. The highest BCUT2D eigenvalue weighted by atomic mass is 32.1. The van der Waals surface area contributed by atoms with Gasteiger partial charge in [-0.2, -0.15) is 0 Å². The van der Waals surface area contributed by atoms with Crippen molar-refractivity contribution in [1.29, 1.82) is 0 Å². The normalized spacial score (nSPS) is 15.7. The summed E-state index contributed by atoms with van der Waals surface area (Å²) >= 11 is 5.18. The van der Waals surface area contributed by atoms with Crippen molar-refractivity contribution in [1.82, 2.24) is 20.7 Å². The van der Waals surface area contributed by atoms with Gasteiger partial charge in [-0.1, -0.05) is 19.3 Å². The lowest BCUT2D eigenvalue weighted by Gasteiger charge is -2.24. The Bertz CT molecular complexity index is 465. The Labute approximate surface area is 125 Å². The van der Waals surface area contributed by atoms with Crippen molar-refractivity contribution >= 4 is 23.2 Å². The van der Waals surface area contributed by atoms with Gasteiger partial charge in [0.1, 0.15) is 0 Å². The molecule has 0 atom stereocenters. The SMILES string of the molecule is Cn1cccc1CC(=O)NNC(=S)NC1CCCCC1. The lowest BCUT2D eigenvalue weighted by molar-refractivity contribution is -0.121. The molecule has 0 spiro atoms. The van der Waals surface area contributed by atoms with Crippen LogP contribution >= 0.6 is 12.2 Å². The minimum Gasteiger partial charge on any atom is -0.359 e. The monoisotopic (exact) mass is 294 g/mol. The lowest BCUT2D eigenvalue weighted by atomic mass is 9.96. The molecule has 1 fully saturated rings. The van der Waals surface area contributed by atoms with Crippen LogP contribution in [0.2, 0.25) is 0 Å². The smallest absolute Gasteiger partial charge is 0.244 e. The molecule has 5 nitrogen and oxygen atoms in total. The van der Waals surface area contributed by atoms with E-state index in [1.807, 2.05) is 29.9 Å². The number of hydrogen-bond donors (Lipinski definition) is 3. The molecule has 1 aliphatic rings. The number of nitrogens with zero attached hydrogens (tertiary/aromatic N) is 1. The zero-order chi connectivity index (χ0) is 14.4. The first kappa shape index (κ1) is 14.8. The van der Waals surface area contributed by atoms with E-state index in [-0.39, 0.29) is 5.91 Å². The molecule has 0 aliphatic heterocycles. The van der Waals surface area contributed by atoms with Gasteiger partial charge in [-0.15, -0.1) is 0 Å². The molecule has 110 valence electrons. The Morgan fingerprint density at radius 1 is 1.35 bits per heavy atom. The number of carbonyl (C=O) groups excluding carboxylic acids is 1. The molecule has 0 aromatic carbocycles. The molecule has 0 bridgehead atoms. The maximum absolute atomic E-state index is 11.8. The van der Waals surface area contributed by atoms with E-state index in [4.69, 9.17) is 12.2 Å². The molecular weight excluding hydrogens is 272 g/mol. The number of rotatable bonds is 3. The quantitative estimate of drug-likeness (QED) is 0.582. The number of carbonyl (C=O) groups is 1. The third-order valence-electron chi connectivity index (χ3n) is 3.65. The number of amides is 1. The highest BCUT2D eigenvalue weighted by Crippen LogP contribution is 2.17. The summed E-state index contributed by atoms with van der Waals surface area (Å²) in [5.41, 5.74) is 6.37. The summed E-state index contributed by atoms with van der Waals surface area (Å²) in [4.78, 5) is 11.8. The molecule has 2 rings (SSSR count). The Morgan fingerprint density at radius 3 is 2.75 bits per heavy atom. The first-order chi connectivity index (χ1) is 9.65. The van der Waals surface area contributed by atoms with Crippen LogP contribution in [0, 0.1) is 0 Å². The third kappa shape index (κ3) is 4.52. The van der Waals surface area contributed by atoms with Crippen LogP contribution in [0.5, 0.6) is 0 Å². The minimum absolute atomic E-state index is 0.0976. The number of hydrazine groups is 1. The fraction of sp³-hybridized carbons (Fsp3) is 0.571. The molecule has 6 heteroatoms. The fourth-order valence-corrected chi connectivity index (χ4v) is 2.70. The zero-order valence-corrected chi connectivity index (χ0v) is 12.6. The van der Waals surface area contributed by atoms with Crippen LogP contribution in [0.25, 0.3) is 0 Å². The van der Waals surface area contributed by atoms with Crippen LogP contribution in [0.4, 0.5) is 0 Å². The van der Waals surface area contributed by atoms with Gasteiger partial charge in [0.05, 0.1) is 6.42 Å². The van der Waals surface area contributed by atoms with Crippen LogP contribution in [0.3, 0.4) is 0 Å². The van der Waals surface area contributed by atoms with Crippen molar-refractivity contribution in [2.45, 2.75) is 44.6 Å². The Hall–Kier alpha value is -1.56. The number of aryl methyl sites for hydroxylation is 1. The molecule has 1 saturated carbocycles. The van der Waals surface area contributed by atoms with Gasteiger partial charge in [-0.25, -0.2) is 0 Å². The van der Waals surface area contributed by atoms with Gasteiger partial charge >= 0.3 is 0 Å². The van der Waals surface area contributed by atoms with Gasteiger partial charge < -0.3 is 9.88 Å². The van der Waals surface area contributed by atoms with Crippen LogP contribution < -0.4 is 16.2 Å². The van der Waals surface area contributed by atoms with Crippen molar-refractivity contribution < 1.29 is 4.79 Å². The standard InChI is InChI=1S/C14H22N4OS/c1-18-9-5-8-12(18)10-13(19)16-17-14(20)15-11-6-3-2-4-7-11/h5,8-9,11H,2-4,6-7,10H2,1H3,(H,16,19)(H2,15,17,20). The maximum Gasteiger partial charge on any atom is 0.244 e. The number of hydrogen-bond acceptors (Lipinski definition) is 2. The fourth-order valence-electron chi connectivity index (χ4n) is 2.48. The molecule has 1 aliphatic carbocycles. The first-order valence-corrected chi connectivity index (χ1v) is 7.51. The van der Waals surface area contributed by atoms with Gasteiger partial charge in [0.25, 0.3) is 0 Å². The second-order valence-electron chi connectivity index (χ2n) is 5.27. The van der Waals surface area contributed by atoms with Gasteiger partial charge in [0, 0.05) is 25.0 Å². The van der Waals surface area contributed by atoms with E-state index in [0.29, 0.717) is 17.6 Å². The van der Waals surface area contributed by atoms with Gasteiger partial charge in [-0.3, -0.25) is 15.6 Å². The van der Waals surface area contributed by atoms with Crippen molar-refractivity contribution in [2.75, 3.05) is 0 Å².